The molecule has 1 unspecified atom stereocenters. The average Bonchev–Trinajstić information content (AvgIpc) is 2.62. The average molecular weight is 209 g/mol. The molecule has 0 saturated carbocycles. The van der Waals surface area contributed by atoms with Crippen LogP contribution in [0.3, 0.4) is 0 Å². The maximum Gasteiger partial charge on any atom is 0.249 e. The summed E-state index contributed by atoms with van der Waals surface area (Å²) in [7, 11) is 0. The Labute approximate surface area is 86.1 Å². The SMILES string of the molecule is Cc1nc(CC2=NC(C)C(=O)N2)cs1. The van der Waals surface area contributed by atoms with Crippen molar-refractivity contribution in [3.05, 3.63) is 16.1 Å². The summed E-state index contributed by atoms with van der Waals surface area (Å²) in [6.45, 7) is 3.75. The van der Waals surface area contributed by atoms with Crippen LogP contribution in [0.4, 0.5) is 0 Å². The number of amides is 1. The summed E-state index contributed by atoms with van der Waals surface area (Å²) in [5.41, 5.74) is 0.973. The third kappa shape index (κ3) is 1.82. The fourth-order valence-electron chi connectivity index (χ4n) is 1.32. The van der Waals surface area contributed by atoms with E-state index in [1.165, 1.54) is 0 Å². The Balaban J connectivity index is 2.06. The van der Waals surface area contributed by atoms with Crippen LogP contribution in [0.5, 0.6) is 0 Å². The first-order valence-electron chi connectivity index (χ1n) is 4.43. The highest BCUT2D eigenvalue weighted by Crippen LogP contribution is 2.10. The van der Waals surface area contributed by atoms with Crippen LogP contribution in [-0.2, 0) is 11.2 Å². The molecule has 1 amide bonds. The number of aliphatic imine (C=N–C) groups is 1. The molecule has 1 aliphatic heterocycles. The lowest BCUT2D eigenvalue weighted by Crippen LogP contribution is -2.28. The van der Waals surface area contributed by atoms with Crippen molar-refractivity contribution in [2.24, 2.45) is 4.99 Å². The Kier molecular flexibility index (Phi) is 2.33. The van der Waals surface area contributed by atoms with Gasteiger partial charge in [-0.05, 0) is 13.8 Å². The van der Waals surface area contributed by atoms with Crippen molar-refractivity contribution >= 4 is 23.1 Å². The molecule has 1 aliphatic rings. The number of rotatable bonds is 2. The van der Waals surface area contributed by atoms with E-state index >= 15 is 0 Å². The largest absolute Gasteiger partial charge is 0.312 e. The molecule has 4 nitrogen and oxygen atoms in total. The Hall–Kier alpha value is -1.23. The first kappa shape index (κ1) is 9.33. The number of hydrogen-bond acceptors (Lipinski definition) is 4. The van der Waals surface area contributed by atoms with E-state index in [1.807, 2.05) is 12.3 Å². The normalized spacial score (nSPS) is 20.9. The van der Waals surface area contributed by atoms with Gasteiger partial charge in [0.05, 0.1) is 10.7 Å². The van der Waals surface area contributed by atoms with E-state index in [4.69, 9.17) is 0 Å². The first-order valence-corrected chi connectivity index (χ1v) is 5.31. The van der Waals surface area contributed by atoms with Gasteiger partial charge in [-0.2, -0.15) is 0 Å². The number of hydrogen-bond donors (Lipinski definition) is 1. The van der Waals surface area contributed by atoms with Gasteiger partial charge in [0.2, 0.25) is 5.91 Å². The monoisotopic (exact) mass is 209 g/mol. The molecule has 2 heterocycles. The molecule has 0 radical (unpaired) electrons. The third-order valence-corrected chi connectivity index (χ3v) is 2.83. The highest BCUT2D eigenvalue weighted by atomic mass is 32.1. The molecule has 0 saturated heterocycles. The molecule has 0 aliphatic carbocycles. The minimum absolute atomic E-state index is 0.0213. The second-order valence-electron chi connectivity index (χ2n) is 3.28. The van der Waals surface area contributed by atoms with E-state index in [-0.39, 0.29) is 11.9 Å². The van der Waals surface area contributed by atoms with E-state index in [1.54, 1.807) is 18.3 Å². The molecule has 0 bridgehead atoms. The van der Waals surface area contributed by atoms with Gasteiger partial charge in [0, 0.05) is 11.8 Å². The van der Waals surface area contributed by atoms with E-state index in [0.29, 0.717) is 6.42 Å². The van der Waals surface area contributed by atoms with Crippen LogP contribution >= 0.6 is 11.3 Å². The molecule has 74 valence electrons. The summed E-state index contributed by atoms with van der Waals surface area (Å²) < 4.78 is 0. The fourth-order valence-corrected chi connectivity index (χ4v) is 1.93. The fraction of sp³-hybridized carbons (Fsp3) is 0.444. The number of aromatic nitrogens is 1. The highest BCUT2D eigenvalue weighted by Gasteiger charge is 2.21. The predicted molar refractivity (Wildman–Crippen MR) is 55.6 cm³/mol. The van der Waals surface area contributed by atoms with E-state index in [9.17, 15) is 4.79 Å². The van der Waals surface area contributed by atoms with Crippen molar-refractivity contribution in [1.29, 1.82) is 0 Å². The Morgan fingerprint density at radius 1 is 1.64 bits per heavy atom. The zero-order chi connectivity index (χ0) is 10.1. The first-order chi connectivity index (χ1) is 6.65. The van der Waals surface area contributed by atoms with E-state index < -0.39 is 0 Å². The summed E-state index contributed by atoms with van der Waals surface area (Å²) >= 11 is 1.61. The number of carbonyl (C=O) groups is 1. The zero-order valence-corrected chi connectivity index (χ0v) is 8.89. The molecular weight excluding hydrogens is 198 g/mol. The minimum atomic E-state index is -0.246. The summed E-state index contributed by atoms with van der Waals surface area (Å²) in [6, 6.07) is -0.246. The van der Waals surface area contributed by atoms with Crippen molar-refractivity contribution in [2.45, 2.75) is 26.3 Å². The molecule has 1 atom stereocenters. The van der Waals surface area contributed by atoms with Gasteiger partial charge in [0.25, 0.3) is 0 Å². The minimum Gasteiger partial charge on any atom is -0.312 e. The second kappa shape index (κ2) is 3.49. The number of amidine groups is 1. The lowest BCUT2D eigenvalue weighted by Gasteiger charge is -1.96. The van der Waals surface area contributed by atoms with Gasteiger partial charge in [0.15, 0.2) is 0 Å². The van der Waals surface area contributed by atoms with Crippen molar-refractivity contribution < 1.29 is 4.79 Å². The summed E-state index contributed by atoms with van der Waals surface area (Å²) in [5.74, 6) is 0.708. The summed E-state index contributed by atoms with van der Waals surface area (Å²) in [5, 5.41) is 5.77. The smallest absolute Gasteiger partial charge is 0.249 e. The van der Waals surface area contributed by atoms with Crippen LogP contribution in [0.25, 0.3) is 0 Å². The maximum atomic E-state index is 11.1. The predicted octanol–water partition coefficient (Wildman–Crippen LogP) is 0.911. The van der Waals surface area contributed by atoms with Crippen LogP contribution in [0, 0.1) is 6.92 Å². The number of nitrogens with zero attached hydrogens (tertiary/aromatic N) is 2. The van der Waals surface area contributed by atoms with Crippen LogP contribution in [-0.4, -0.2) is 22.8 Å². The summed E-state index contributed by atoms with van der Waals surface area (Å²) in [4.78, 5) is 19.6. The second-order valence-corrected chi connectivity index (χ2v) is 4.34. The highest BCUT2D eigenvalue weighted by molar-refractivity contribution is 7.09. The van der Waals surface area contributed by atoms with Crippen molar-refractivity contribution in [3.8, 4) is 0 Å². The van der Waals surface area contributed by atoms with E-state index in [2.05, 4.69) is 15.3 Å². The standard InChI is InChI=1S/C9H11N3OS/c1-5-9(13)12-8(10-5)3-7-4-14-6(2)11-7/h4-5H,3H2,1-2H3,(H,10,12,13). The third-order valence-electron chi connectivity index (χ3n) is 2.01. The van der Waals surface area contributed by atoms with E-state index in [0.717, 1.165) is 16.5 Å². The number of aryl methyl sites for hydroxylation is 1. The quantitative estimate of drug-likeness (QED) is 0.787. The Morgan fingerprint density at radius 3 is 2.93 bits per heavy atom. The van der Waals surface area contributed by atoms with Crippen molar-refractivity contribution in [2.75, 3.05) is 0 Å². The molecular formula is C9H11N3OS. The number of nitrogens with one attached hydrogen (secondary N) is 1. The van der Waals surface area contributed by atoms with Gasteiger partial charge in [-0.1, -0.05) is 0 Å². The lowest BCUT2D eigenvalue weighted by molar-refractivity contribution is -0.119. The topological polar surface area (TPSA) is 54.4 Å². The molecule has 1 aromatic heterocycles. The molecule has 1 N–H and O–H groups in total. The molecule has 0 spiro atoms. The summed E-state index contributed by atoms with van der Waals surface area (Å²) in [6.07, 6.45) is 0.625. The van der Waals surface area contributed by atoms with Gasteiger partial charge in [-0.15, -0.1) is 11.3 Å². The van der Waals surface area contributed by atoms with Gasteiger partial charge >= 0.3 is 0 Å². The maximum absolute atomic E-state index is 11.1. The van der Waals surface area contributed by atoms with Crippen LogP contribution in [0.2, 0.25) is 0 Å². The van der Waals surface area contributed by atoms with Crippen LogP contribution in [0.15, 0.2) is 10.4 Å². The van der Waals surface area contributed by atoms with Gasteiger partial charge in [0.1, 0.15) is 11.9 Å². The molecule has 0 fully saturated rings. The van der Waals surface area contributed by atoms with Crippen LogP contribution in [0.1, 0.15) is 17.6 Å². The van der Waals surface area contributed by atoms with Gasteiger partial charge < -0.3 is 5.32 Å². The van der Waals surface area contributed by atoms with Gasteiger partial charge in [-0.25, -0.2) is 4.98 Å². The van der Waals surface area contributed by atoms with Crippen molar-refractivity contribution in [3.63, 3.8) is 0 Å². The molecule has 2 rings (SSSR count). The molecule has 5 heteroatoms. The molecule has 1 aromatic rings. The van der Waals surface area contributed by atoms with Gasteiger partial charge in [-0.3, -0.25) is 9.79 Å². The lowest BCUT2D eigenvalue weighted by atomic mass is 10.3. The molecule has 14 heavy (non-hydrogen) atoms. The Bertz CT molecular complexity index is 397. The zero-order valence-electron chi connectivity index (χ0n) is 8.07. The number of thiazole rings is 1. The molecule has 0 aromatic carbocycles. The Morgan fingerprint density at radius 2 is 2.43 bits per heavy atom. The number of carbonyl (C=O) groups excluding carboxylic acids is 1. The van der Waals surface area contributed by atoms with Crippen molar-refractivity contribution in [1.82, 2.24) is 10.3 Å². The van der Waals surface area contributed by atoms with Crippen LogP contribution < -0.4 is 5.32 Å².